The summed E-state index contributed by atoms with van der Waals surface area (Å²) in [6.45, 7) is 8.53. The lowest BCUT2D eigenvalue weighted by Crippen LogP contribution is -2.38. The van der Waals surface area contributed by atoms with E-state index < -0.39 is 5.97 Å². The van der Waals surface area contributed by atoms with Crippen LogP contribution in [0.2, 0.25) is 0 Å². The summed E-state index contributed by atoms with van der Waals surface area (Å²) in [6.07, 6.45) is 5.41. The fraction of sp³-hybridized carbons (Fsp3) is 0.542. The van der Waals surface area contributed by atoms with E-state index in [1.54, 1.807) is 21.8 Å². The fourth-order valence-electron chi connectivity index (χ4n) is 3.77. The van der Waals surface area contributed by atoms with Crippen molar-refractivity contribution in [1.29, 1.82) is 0 Å². The van der Waals surface area contributed by atoms with Crippen LogP contribution in [0.4, 0.5) is 5.69 Å². The van der Waals surface area contributed by atoms with Gasteiger partial charge in [-0.2, -0.15) is 5.10 Å². The second-order valence-electron chi connectivity index (χ2n) is 9.46. The number of hydrogen-bond donors (Lipinski definition) is 1. The molecule has 0 radical (unpaired) electrons. The van der Waals surface area contributed by atoms with E-state index in [2.05, 4.69) is 23.9 Å². The van der Waals surface area contributed by atoms with Gasteiger partial charge in [0.15, 0.2) is 0 Å². The zero-order valence-electron chi connectivity index (χ0n) is 18.9. The summed E-state index contributed by atoms with van der Waals surface area (Å²) in [6, 6.07) is 3.61. The van der Waals surface area contributed by atoms with Crippen LogP contribution in [0, 0.1) is 29.1 Å². The van der Waals surface area contributed by atoms with Crippen molar-refractivity contribution in [3.63, 3.8) is 0 Å². The second-order valence-corrected chi connectivity index (χ2v) is 10.5. The second kappa shape index (κ2) is 9.27. The maximum atomic E-state index is 13.6. The molecule has 2 aromatic rings. The Balaban J connectivity index is 2.02. The van der Waals surface area contributed by atoms with Crippen LogP contribution in [0.5, 0.6) is 0 Å². The molecule has 7 heteroatoms. The number of carbonyl (C=O) groups excluding carboxylic acids is 1. The predicted molar refractivity (Wildman–Crippen MR) is 123 cm³/mol. The van der Waals surface area contributed by atoms with Crippen LogP contribution in [-0.4, -0.2) is 26.8 Å². The summed E-state index contributed by atoms with van der Waals surface area (Å²) in [4.78, 5) is 28.1. The molecule has 6 nitrogen and oxygen atoms in total. The van der Waals surface area contributed by atoms with Gasteiger partial charge in [-0.05, 0) is 64.5 Å². The summed E-state index contributed by atoms with van der Waals surface area (Å²) >= 11 is 1.13. The number of aryl methyl sites for hydroxylation is 1. The molecule has 1 saturated carbocycles. The average Bonchev–Trinajstić information content (AvgIpc) is 3.30. The van der Waals surface area contributed by atoms with Crippen molar-refractivity contribution in [2.45, 2.75) is 59.9 Å². The number of rotatable bonds is 5. The molecule has 0 saturated heterocycles. The summed E-state index contributed by atoms with van der Waals surface area (Å²) < 4.78 is 1.72. The van der Waals surface area contributed by atoms with E-state index in [1.807, 2.05) is 33.9 Å². The van der Waals surface area contributed by atoms with Crippen LogP contribution in [-0.2, 0) is 18.4 Å². The number of hydrogen-bond acceptors (Lipinski definition) is 4. The minimum absolute atomic E-state index is 0.0104. The van der Waals surface area contributed by atoms with Crippen molar-refractivity contribution in [2.75, 3.05) is 4.90 Å². The molecule has 0 aromatic carbocycles. The Labute approximate surface area is 188 Å². The Bertz CT molecular complexity index is 1010. The maximum Gasteiger partial charge on any atom is 0.348 e. The molecule has 2 aromatic heterocycles. The number of aromatic carboxylic acids is 1. The maximum absolute atomic E-state index is 13.6. The van der Waals surface area contributed by atoms with E-state index in [4.69, 9.17) is 0 Å². The van der Waals surface area contributed by atoms with Gasteiger partial charge in [0.2, 0.25) is 5.91 Å². The Morgan fingerprint density at radius 3 is 2.52 bits per heavy atom. The number of carbonyl (C=O) groups is 2. The van der Waals surface area contributed by atoms with Crippen molar-refractivity contribution >= 4 is 28.9 Å². The highest BCUT2D eigenvalue weighted by atomic mass is 32.1. The van der Waals surface area contributed by atoms with E-state index in [-0.39, 0.29) is 28.7 Å². The summed E-state index contributed by atoms with van der Waals surface area (Å²) in [5.74, 6) is 5.75. The third-order valence-corrected chi connectivity index (χ3v) is 6.66. The smallest absolute Gasteiger partial charge is 0.348 e. The molecule has 1 fully saturated rings. The van der Waals surface area contributed by atoms with Gasteiger partial charge >= 0.3 is 5.97 Å². The number of carboxylic acid groups (broad SMARTS) is 1. The Morgan fingerprint density at radius 2 is 1.97 bits per heavy atom. The molecular formula is C24H31N3O3S. The minimum atomic E-state index is -1.04. The van der Waals surface area contributed by atoms with E-state index in [0.717, 1.165) is 42.7 Å². The van der Waals surface area contributed by atoms with E-state index in [1.165, 1.54) is 0 Å². The largest absolute Gasteiger partial charge is 0.477 e. The lowest BCUT2D eigenvalue weighted by Gasteiger charge is -2.31. The first-order valence-electron chi connectivity index (χ1n) is 10.7. The first-order chi connectivity index (χ1) is 14.5. The highest BCUT2D eigenvalue weighted by Crippen LogP contribution is 2.36. The van der Waals surface area contributed by atoms with E-state index >= 15 is 0 Å². The number of carboxylic acids is 1. The molecule has 0 atom stereocenters. The van der Waals surface area contributed by atoms with Crippen molar-refractivity contribution in [2.24, 2.45) is 24.3 Å². The standard InChI is InChI=1S/C24H31N3O3S/c1-16-6-8-17(9-7-16)22(28)27(15-18-11-13-25-26(18)5)20-14-19(10-12-24(2,3)4)31-21(20)23(29)30/h11,13-14,16-17H,6-9,15H2,1-5H3,(H,29,30)/t16-,17-. The van der Waals surface area contributed by atoms with Crippen LogP contribution in [0.1, 0.15) is 73.6 Å². The Morgan fingerprint density at radius 1 is 1.29 bits per heavy atom. The lowest BCUT2D eigenvalue weighted by molar-refractivity contribution is -0.123. The van der Waals surface area contributed by atoms with Gasteiger partial charge in [0.25, 0.3) is 0 Å². The number of anilines is 1. The third-order valence-electron chi connectivity index (χ3n) is 5.63. The van der Waals surface area contributed by atoms with Crippen LogP contribution in [0.25, 0.3) is 0 Å². The fourth-order valence-corrected chi connectivity index (χ4v) is 4.63. The molecule has 1 amide bonds. The molecule has 0 aliphatic heterocycles. The summed E-state index contributed by atoms with van der Waals surface area (Å²) in [5, 5.41) is 14.1. The highest BCUT2D eigenvalue weighted by molar-refractivity contribution is 7.15. The normalized spacial score (nSPS) is 18.9. The third kappa shape index (κ3) is 5.76. The summed E-state index contributed by atoms with van der Waals surface area (Å²) in [5.41, 5.74) is 1.08. The van der Waals surface area contributed by atoms with Crippen LogP contribution in [0.15, 0.2) is 18.3 Å². The van der Waals surface area contributed by atoms with Gasteiger partial charge in [-0.1, -0.05) is 18.8 Å². The van der Waals surface area contributed by atoms with Crippen molar-refractivity contribution in [3.05, 3.63) is 33.8 Å². The van der Waals surface area contributed by atoms with Gasteiger partial charge in [-0.15, -0.1) is 11.3 Å². The van der Waals surface area contributed by atoms with Gasteiger partial charge in [-0.3, -0.25) is 9.48 Å². The number of nitrogens with zero attached hydrogens (tertiary/aromatic N) is 3. The molecule has 0 unspecified atom stereocenters. The topological polar surface area (TPSA) is 75.4 Å². The molecule has 2 heterocycles. The van der Waals surface area contributed by atoms with E-state index in [9.17, 15) is 14.7 Å². The molecule has 166 valence electrons. The average molecular weight is 442 g/mol. The zero-order chi connectivity index (χ0) is 22.8. The monoisotopic (exact) mass is 441 g/mol. The van der Waals surface area contributed by atoms with Crippen molar-refractivity contribution in [3.8, 4) is 11.8 Å². The molecule has 1 N–H and O–H groups in total. The van der Waals surface area contributed by atoms with Crippen LogP contribution in [0.3, 0.4) is 0 Å². The van der Waals surface area contributed by atoms with Crippen LogP contribution >= 0.6 is 11.3 Å². The van der Waals surface area contributed by atoms with Gasteiger partial charge in [0, 0.05) is 24.6 Å². The molecule has 3 rings (SSSR count). The first-order valence-corrected chi connectivity index (χ1v) is 11.6. The van der Waals surface area contributed by atoms with Gasteiger partial charge < -0.3 is 10.0 Å². The molecule has 0 bridgehead atoms. The SMILES string of the molecule is Cn1nccc1CN(c1cc(C#CC(C)(C)C)sc1C(=O)O)C(=O)[C@H]1CC[C@H](C)CC1. The molecular weight excluding hydrogens is 410 g/mol. The number of aromatic nitrogens is 2. The van der Waals surface area contributed by atoms with E-state index in [0.29, 0.717) is 16.5 Å². The first kappa shape index (κ1) is 23.1. The Kier molecular flexibility index (Phi) is 6.90. The minimum Gasteiger partial charge on any atom is -0.477 e. The molecule has 31 heavy (non-hydrogen) atoms. The number of amides is 1. The van der Waals surface area contributed by atoms with Crippen molar-refractivity contribution < 1.29 is 14.7 Å². The molecule has 1 aliphatic carbocycles. The molecule has 1 aliphatic rings. The Hall–Kier alpha value is -2.59. The molecule has 0 spiro atoms. The van der Waals surface area contributed by atoms with Gasteiger partial charge in [0.1, 0.15) is 4.88 Å². The highest BCUT2D eigenvalue weighted by Gasteiger charge is 2.32. The van der Waals surface area contributed by atoms with Crippen molar-refractivity contribution in [1.82, 2.24) is 9.78 Å². The van der Waals surface area contributed by atoms with Gasteiger partial charge in [-0.25, -0.2) is 4.79 Å². The van der Waals surface area contributed by atoms with Gasteiger partial charge in [0.05, 0.1) is 22.8 Å². The lowest BCUT2D eigenvalue weighted by atomic mass is 9.82. The number of thiophene rings is 1. The quantitative estimate of drug-likeness (QED) is 0.667. The predicted octanol–water partition coefficient (Wildman–Crippen LogP) is 4.94. The van der Waals surface area contributed by atoms with Crippen LogP contribution < -0.4 is 4.90 Å². The summed E-state index contributed by atoms with van der Waals surface area (Å²) in [7, 11) is 1.83. The zero-order valence-corrected chi connectivity index (χ0v) is 19.8.